The zero-order valence-electron chi connectivity index (χ0n) is 9.82. The number of nitrogens with one attached hydrogen (secondary N) is 2. The third-order valence-electron chi connectivity index (χ3n) is 3.00. The first-order valence-corrected chi connectivity index (χ1v) is 5.70. The van der Waals surface area contributed by atoms with Crippen LogP contribution in [0.3, 0.4) is 0 Å². The van der Waals surface area contributed by atoms with Gasteiger partial charge in [0.25, 0.3) is 5.56 Å². The monoisotopic (exact) mass is 239 g/mol. The topological polar surface area (TPSA) is 96.2 Å². The fourth-order valence-corrected chi connectivity index (χ4v) is 1.91. The average Bonchev–Trinajstić information content (AvgIpc) is 2.33. The zero-order chi connectivity index (χ0) is 12.4. The van der Waals surface area contributed by atoms with Crippen molar-refractivity contribution in [1.82, 2.24) is 14.6 Å². The summed E-state index contributed by atoms with van der Waals surface area (Å²) in [5.74, 6) is 0.157. The summed E-state index contributed by atoms with van der Waals surface area (Å²) >= 11 is 0. The van der Waals surface area contributed by atoms with Crippen molar-refractivity contribution < 1.29 is 0 Å². The number of hydrogen-bond donors (Lipinski definition) is 3. The number of nitrogen functional groups attached to an aromatic ring is 1. The van der Waals surface area contributed by atoms with Crippen LogP contribution in [0, 0.1) is 0 Å². The Morgan fingerprint density at radius 1 is 1.24 bits per heavy atom. The number of nitrogens with zero attached hydrogens (tertiary/aromatic N) is 2. The third kappa shape index (κ3) is 2.33. The minimum atomic E-state index is -0.503. The molecule has 0 bridgehead atoms. The molecule has 17 heavy (non-hydrogen) atoms. The summed E-state index contributed by atoms with van der Waals surface area (Å²) in [5.41, 5.74) is 8.01. The highest BCUT2D eigenvalue weighted by Gasteiger charge is 2.15. The highest BCUT2D eigenvalue weighted by molar-refractivity contribution is 5.59. The lowest BCUT2D eigenvalue weighted by molar-refractivity contribution is 0.273. The van der Waals surface area contributed by atoms with Gasteiger partial charge in [-0.05, 0) is 12.8 Å². The Bertz CT molecular complexity index is 512. The van der Waals surface area contributed by atoms with E-state index >= 15 is 0 Å². The van der Waals surface area contributed by atoms with E-state index in [0.717, 1.165) is 25.9 Å². The molecule has 0 unspecified atom stereocenters. The second-order valence-electron chi connectivity index (χ2n) is 4.24. The van der Waals surface area contributed by atoms with Crippen molar-refractivity contribution in [2.75, 3.05) is 24.2 Å². The molecular formula is C10H17N5O2. The Morgan fingerprint density at radius 2 is 1.88 bits per heavy atom. The number of hydrogen-bond acceptors (Lipinski definition) is 5. The van der Waals surface area contributed by atoms with Crippen LogP contribution in [-0.2, 0) is 7.05 Å². The van der Waals surface area contributed by atoms with E-state index in [1.54, 1.807) is 0 Å². The van der Waals surface area contributed by atoms with Crippen LogP contribution in [-0.4, -0.2) is 27.6 Å². The summed E-state index contributed by atoms with van der Waals surface area (Å²) in [6.07, 6.45) is 3.39. The molecule has 1 aliphatic heterocycles. The van der Waals surface area contributed by atoms with Gasteiger partial charge in [-0.15, -0.1) is 0 Å². The first-order valence-electron chi connectivity index (χ1n) is 5.70. The van der Waals surface area contributed by atoms with Crippen LogP contribution >= 0.6 is 0 Å². The minimum Gasteiger partial charge on any atom is -0.383 e. The van der Waals surface area contributed by atoms with Crippen LogP contribution in [0.2, 0.25) is 0 Å². The predicted molar refractivity (Wildman–Crippen MR) is 65.8 cm³/mol. The van der Waals surface area contributed by atoms with Gasteiger partial charge >= 0.3 is 5.69 Å². The Hall–Kier alpha value is -1.76. The molecule has 0 saturated carbocycles. The van der Waals surface area contributed by atoms with Gasteiger partial charge in [0.15, 0.2) is 5.69 Å². The van der Waals surface area contributed by atoms with Crippen LogP contribution in [0.5, 0.6) is 0 Å². The van der Waals surface area contributed by atoms with Crippen molar-refractivity contribution in [3.8, 4) is 0 Å². The number of rotatable bonds is 2. The molecule has 94 valence electrons. The van der Waals surface area contributed by atoms with E-state index in [1.165, 1.54) is 18.0 Å². The van der Waals surface area contributed by atoms with E-state index in [0.29, 0.717) is 0 Å². The molecule has 7 heteroatoms. The van der Waals surface area contributed by atoms with Crippen molar-refractivity contribution in [3.63, 3.8) is 0 Å². The number of piperidine rings is 1. The molecule has 0 amide bonds. The molecule has 1 saturated heterocycles. The maximum atomic E-state index is 11.6. The van der Waals surface area contributed by atoms with E-state index in [4.69, 9.17) is 5.73 Å². The predicted octanol–water partition coefficient (Wildman–Crippen LogP) is -0.531. The summed E-state index contributed by atoms with van der Waals surface area (Å²) in [7, 11) is 1.52. The van der Waals surface area contributed by atoms with Crippen molar-refractivity contribution >= 4 is 11.5 Å². The van der Waals surface area contributed by atoms with Crippen LogP contribution in [0.25, 0.3) is 0 Å². The minimum absolute atomic E-state index is 0.157. The Kier molecular flexibility index (Phi) is 3.19. The molecule has 2 rings (SSSR count). The maximum Gasteiger partial charge on any atom is 0.329 e. The van der Waals surface area contributed by atoms with Crippen molar-refractivity contribution in [3.05, 3.63) is 20.8 Å². The van der Waals surface area contributed by atoms with Crippen LogP contribution in [0.4, 0.5) is 11.5 Å². The lowest BCUT2D eigenvalue weighted by Gasteiger charge is -2.28. The molecule has 4 N–H and O–H groups in total. The molecule has 1 fully saturated rings. The average molecular weight is 239 g/mol. The standard InChI is InChI=1S/C10H17N5O2/c1-14-8(11)7(9(16)12-10(14)17)13-15-5-3-2-4-6-15/h13H,2-6,11H2,1H3,(H,12,16,17). The van der Waals surface area contributed by atoms with Gasteiger partial charge in [0.1, 0.15) is 5.82 Å². The quantitative estimate of drug-likeness (QED) is 0.644. The molecule has 0 aromatic carbocycles. The molecule has 1 aromatic rings. The van der Waals surface area contributed by atoms with Crippen molar-refractivity contribution in [1.29, 1.82) is 0 Å². The van der Waals surface area contributed by atoms with E-state index in [-0.39, 0.29) is 11.5 Å². The van der Waals surface area contributed by atoms with Crippen molar-refractivity contribution in [2.24, 2.45) is 7.05 Å². The fraction of sp³-hybridized carbons (Fsp3) is 0.600. The number of aromatic nitrogens is 2. The van der Waals surface area contributed by atoms with Gasteiger partial charge in [-0.2, -0.15) is 0 Å². The number of hydrazine groups is 1. The molecule has 0 spiro atoms. The highest BCUT2D eigenvalue weighted by Crippen LogP contribution is 2.13. The molecule has 1 aliphatic rings. The summed E-state index contributed by atoms with van der Waals surface area (Å²) in [4.78, 5) is 25.2. The Morgan fingerprint density at radius 3 is 2.53 bits per heavy atom. The Balaban J connectivity index is 2.29. The van der Waals surface area contributed by atoms with E-state index < -0.39 is 11.2 Å². The third-order valence-corrected chi connectivity index (χ3v) is 3.00. The number of anilines is 2. The molecule has 0 atom stereocenters. The van der Waals surface area contributed by atoms with Crippen LogP contribution < -0.4 is 22.4 Å². The molecule has 7 nitrogen and oxygen atoms in total. The van der Waals surface area contributed by atoms with Gasteiger partial charge in [0, 0.05) is 20.1 Å². The highest BCUT2D eigenvalue weighted by atomic mass is 16.2. The number of aromatic amines is 1. The lowest BCUT2D eigenvalue weighted by Crippen LogP contribution is -2.40. The lowest BCUT2D eigenvalue weighted by atomic mass is 10.2. The summed E-state index contributed by atoms with van der Waals surface area (Å²) in [6.45, 7) is 1.75. The summed E-state index contributed by atoms with van der Waals surface area (Å²) < 4.78 is 1.22. The SMILES string of the molecule is Cn1c(N)c(NN2CCCCC2)c(=O)[nH]c1=O. The first-order chi connectivity index (χ1) is 8.09. The second kappa shape index (κ2) is 4.62. The van der Waals surface area contributed by atoms with Gasteiger partial charge in [-0.1, -0.05) is 6.42 Å². The zero-order valence-corrected chi connectivity index (χ0v) is 9.82. The molecule has 2 heterocycles. The Labute approximate surface area is 98.2 Å². The van der Waals surface area contributed by atoms with E-state index in [9.17, 15) is 9.59 Å². The largest absolute Gasteiger partial charge is 0.383 e. The summed E-state index contributed by atoms with van der Waals surface area (Å²) in [6, 6.07) is 0. The second-order valence-corrected chi connectivity index (χ2v) is 4.24. The first kappa shape index (κ1) is 11.7. The molecule has 0 aliphatic carbocycles. The van der Waals surface area contributed by atoms with Gasteiger partial charge in [-0.3, -0.25) is 14.3 Å². The van der Waals surface area contributed by atoms with Crippen molar-refractivity contribution in [2.45, 2.75) is 19.3 Å². The molecule has 1 aromatic heterocycles. The van der Waals surface area contributed by atoms with Crippen LogP contribution in [0.15, 0.2) is 9.59 Å². The summed E-state index contributed by atoms with van der Waals surface area (Å²) in [5, 5.41) is 1.95. The smallest absolute Gasteiger partial charge is 0.329 e. The van der Waals surface area contributed by atoms with Gasteiger partial charge in [-0.25, -0.2) is 9.80 Å². The van der Waals surface area contributed by atoms with Gasteiger partial charge in [0.05, 0.1) is 0 Å². The maximum absolute atomic E-state index is 11.6. The molecule has 0 radical (unpaired) electrons. The normalized spacial score (nSPS) is 17.0. The number of H-pyrrole nitrogens is 1. The number of nitrogens with two attached hydrogens (primary N) is 1. The molecular weight excluding hydrogens is 222 g/mol. The van der Waals surface area contributed by atoms with E-state index in [2.05, 4.69) is 10.4 Å². The van der Waals surface area contributed by atoms with Gasteiger partial charge < -0.3 is 11.2 Å². The fourth-order valence-electron chi connectivity index (χ4n) is 1.91. The van der Waals surface area contributed by atoms with Gasteiger partial charge in [0.2, 0.25) is 0 Å². The van der Waals surface area contributed by atoms with Crippen LogP contribution in [0.1, 0.15) is 19.3 Å². The van der Waals surface area contributed by atoms with E-state index in [1.807, 2.05) is 5.01 Å².